The molecule has 1 aromatic heterocycles. The van der Waals surface area contributed by atoms with Crippen LogP contribution in [0.1, 0.15) is 0 Å². The van der Waals surface area contributed by atoms with Crippen molar-refractivity contribution in [3.05, 3.63) is 36.4 Å². The number of phenolic OH excluding ortho intramolecular Hbond substituents is 4. The number of halogens is 1. The molecule has 11 nitrogen and oxygen atoms in total. The Balaban J connectivity index is 0.00000306. The van der Waals surface area contributed by atoms with Crippen molar-refractivity contribution < 1.29 is 71.7 Å². The highest BCUT2D eigenvalue weighted by molar-refractivity contribution is 5.88. The van der Waals surface area contributed by atoms with Crippen molar-refractivity contribution in [1.29, 1.82) is 0 Å². The van der Waals surface area contributed by atoms with Crippen LogP contribution in [0.3, 0.4) is 0 Å². The molecule has 2 aromatic carbocycles. The second kappa shape index (κ2) is 9.55. The largest absolute Gasteiger partial charge is 1.00 e. The summed E-state index contributed by atoms with van der Waals surface area (Å²) < 4.78 is 16.8. The predicted octanol–water partition coefficient (Wildman–Crippen LogP) is -2.61. The fourth-order valence-corrected chi connectivity index (χ4v) is 3.43. The minimum atomic E-state index is -1.71. The molecule has 3 aromatic rings. The Morgan fingerprint density at radius 1 is 0.848 bits per heavy atom. The van der Waals surface area contributed by atoms with Gasteiger partial charge in [-0.1, -0.05) is 0 Å². The lowest BCUT2D eigenvalue weighted by atomic mass is 9.99. The predicted molar refractivity (Wildman–Crippen MR) is 107 cm³/mol. The Kier molecular flexibility index (Phi) is 7.17. The number of rotatable bonds is 4. The average Bonchev–Trinajstić information content (AvgIpc) is 2.76. The molecule has 1 aliphatic rings. The van der Waals surface area contributed by atoms with Crippen LogP contribution in [0.4, 0.5) is 0 Å². The highest BCUT2D eigenvalue weighted by Crippen LogP contribution is 2.42. The molecule has 5 atom stereocenters. The monoisotopic (exact) mass is 528 g/mol. The first-order valence-corrected chi connectivity index (χ1v) is 9.52. The number of phenols is 4. The van der Waals surface area contributed by atoms with Crippen LogP contribution in [0.25, 0.3) is 22.3 Å². The Bertz CT molecular complexity index is 1150. The molecule has 1 fully saturated rings. The summed E-state index contributed by atoms with van der Waals surface area (Å²) in [5.74, 6) is -1.64. The van der Waals surface area contributed by atoms with Crippen LogP contribution in [0.2, 0.25) is 0 Å². The summed E-state index contributed by atoms with van der Waals surface area (Å²) in [6, 6.07) is 7.37. The number of fused-ring (bicyclic) bond motifs is 1. The average molecular weight is 529 g/mol. The van der Waals surface area contributed by atoms with Gasteiger partial charge < -0.3 is 67.3 Å². The van der Waals surface area contributed by atoms with Gasteiger partial charge >= 0.3 is 11.3 Å². The summed E-state index contributed by atoms with van der Waals surface area (Å²) in [6.07, 6.45) is -7.76. The van der Waals surface area contributed by atoms with E-state index in [-0.39, 0.29) is 62.3 Å². The van der Waals surface area contributed by atoms with Gasteiger partial charge in [-0.05, 0) is 12.1 Å². The second-order valence-corrected chi connectivity index (χ2v) is 7.34. The first-order chi connectivity index (χ1) is 15.2. The van der Waals surface area contributed by atoms with Crippen LogP contribution in [0.5, 0.6) is 28.7 Å². The standard InChI is InChI=1S/C21H20O11.BrH/c22-7-16-17(27)18(28)19(29)21(32-16)31-15-6-10-12(25)4-9(23)5-14(10)30-20(15)8-1-2-11(24)13(26)3-8;/h1-6,16-19,21-22,27-29H,7H2,(H3-,23,24,25,26);1H/t16-,17+,18+,19-,21-;/m1./s1. The molecule has 0 saturated carbocycles. The smallest absolute Gasteiger partial charge is 0.402 e. The summed E-state index contributed by atoms with van der Waals surface area (Å²) in [7, 11) is 0. The number of ether oxygens (including phenoxy) is 2. The first-order valence-electron chi connectivity index (χ1n) is 9.52. The third-order valence-corrected chi connectivity index (χ3v) is 5.15. The first kappa shape index (κ1) is 24.8. The Morgan fingerprint density at radius 2 is 1.58 bits per heavy atom. The third kappa shape index (κ3) is 4.62. The maximum absolute atomic E-state index is 10.3. The van der Waals surface area contributed by atoms with Gasteiger partial charge in [0.1, 0.15) is 41.3 Å². The molecule has 33 heavy (non-hydrogen) atoms. The molecular weight excluding hydrogens is 508 g/mol. The molecule has 1 aliphatic heterocycles. The fourth-order valence-electron chi connectivity index (χ4n) is 3.43. The molecule has 12 heteroatoms. The van der Waals surface area contributed by atoms with E-state index in [0.29, 0.717) is 0 Å². The van der Waals surface area contributed by atoms with E-state index in [9.17, 15) is 40.9 Å². The van der Waals surface area contributed by atoms with E-state index < -0.39 is 43.1 Å². The molecule has 0 amide bonds. The normalized spacial score (nSPS) is 24.9. The van der Waals surface area contributed by atoms with Gasteiger partial charge in [0.2, 0.25) is 12.0 Å². The van der Waals surface area contributed by atoms with Crippen LogP contribution in [-0.4, -0.2) is 78.2 Å². The zero-order valence-electron chi connectivity index (χ0n) is 16.7. The van der Waals surface area contributed by atoms with Crippen molar-refractivity contribution in [2.45, 2.75) is 30.7 Å². The minimum Gasteiger partial charge on any atom is -1.00 e. The quantitative estimate of drug-likeness (QED) is 0.131. The number of benzene rings is 2. The van der Waals surface area contributed by atoms with E-state index in [0.717, 1.165) is 6.07 Å². The summed E-state index contributed by atoms with van der Waals surface area (Å²) in [6.45, 7) is -0.661. The topological polar surface area (TPSA) is 192 Å². The van der Waals surface area contributed by atoms with E-state index >= 15 is 0 Å². The number of aromatic hydroxyl groups is 4. The number of hydrogen-bond donors (Lipinski definition) is 8. The van der Waals surface area contributed by atoms with Gasteiger partial charge in [0.05, 0.1) is 18.2 Å². The lowest BCUT2D eigenvalue weighted by molar-refractivity contribution is -0.277. The number of aliphatic hydroxyl groups is 4. The molecule has 0 unspecified atom stereocenters. The molecule has 1 saturated heterocycles. The molecule has 8 N–H and O–H groups in total. The van der Waals surface area contributed by atoms with Gasteiger partial charge in [-0.15, -0.1) is 0 Å². The van der Waals surface area contributed by atoms with E-state index in [1.807, 2.05) is 0 Å². The maximum atomic E-state index is 10.3. The summed E-state index contributed by atoms with van der Waals surface area (Å²) in [5, 5.41) is 79.2. The van der Waals surface area contributed by atoms with Crippen molar-refractivity contribution >= 4 is 11.0 Å². The molecule has 4 rings (SSSR count). The molecule has 0 aliphatic carbocycles. The Hall–Kier alpha value is -2.87. The van der Waals surface area contributed by atoms with Gasteiger partial charge in [-0.3, -0.25) is 0 Å². The van der Waals surface area contributed by atoms with Crippen molar-refractivity contribution in [2.75, 3.05) is 6.61 Å². The van der Waals surface area contributed by atoms with Crippen molar-refractivity contribution in [2.24, 2.45) is 0 Å². The van der Waals surface area contributed by atoms with Gasteiger partial charge in [0, 0.05) is 18.2 Å². The van der Waals surface area contributed by atoms with E-state index in [4.69, 9.17) is 13.9 Å². The SMILES string of the molecule is OC[C@H]1O[C@@H](Oc2cc3c(O)cc(O)cc3[o+]c2-c2ccc(O)c(O)c2)[C@H](O)[C@@H](O)[C@H]1O.[Br-]. The maximum Gasteiger partial charge on any atom is 0.402 e. The van der Waals surface area contributed by atoms with Crippen molar-refractivity contribution in [1.82, 2.24) is 0 Å². The van der Waals surface area contributed by atoms with Crippen LogP contribution < -0.4 is 21.7 Å². The zero-order chi connectivity index (χ0) is 23.2. The van der Waals surface area contributed by atoms with E-state index in [1.165, 1.54) is 30.3 Å². The molecular formula is C21H21BrO11. The summed E-state index contributed by atoms with van der Waals surface area (Å²) in [4.78, 5) is 0. The lowest BCUT2D eigenvalue weighted by Crippen LogP contribution is -3.00. The molecule has 178 valence electrons. The van der Waals surface area contributed by atoms with Crippen molar-refractivity contribution in [3.8, 4) is 40.1 Å². The zero-order valence-corrected chi connectivity index (χ0v) is 18.3. The highest BCUT2D eigenvalue weighted by atomic mass is 79.9. The molecule has 2 heterocycles. The Morgan fingerprint density at radius 3 is 2.24 bits per heavy atom. The van der Waals surface area contributed by atoms with Crippen LogP contribution in [0, 0.1) is 0 Å². The second-order valence-electron chi connectivity index (χ2n) is 7.34. The summed E-state index contributed by atoms with van der Waals surface area (Å²) >= 11 is 0. The van der Waals surface area contributed by atoms with E-state index in [2.05, 4.69) is 0 Å². The van der Waals surface area contributed by atoms with Gasteiger partial charge in [-0.2, -0.15) is 0 Å². The van der Waals surface area contributed by atoms with E-state index in [1.54, 1.807) is 0 Å². The number of aliphatic hydroxyl groups excluding tert-OH is 4. The highest BCUT2D eigenvalue weighted by Gasteiger charge is 2.45. The molecule has 0 spiro atoms. The molecule has 0 bridgehead atoms. The van der Waals surface area contributed by atoms with Gasteiger partial charge in [0.15, 0.2) is 11.5 Å². The molecule has 0 radical (unpaired) electrons. The van der Waals surface area contributed by atoms with Crippen LogP contribution in [0.15, 0.2) is 40.8 Å². The summed E-state index contributed by atoms with van der Waals surface area (Å²) in [5.41, 5.74) is 0.260. The van der Waals surface area contributed by atoms with Crippen LogP contribution >= 0.6 is 0 Å². The van der Waals surface area contributed by atoms with Crippen LogP contribution in [-0.2, 0) is 4.74 Å². The lowest BCUT2D eigenvalue weighted by Gasteiger charge is -2.39. The van der Waals surface area contributed by atoms with Gasteiger partial charge in [-0.25, -0.2) is 4.42 Å². The van der Waals surface area contributed by atoms with Crippen molar-refractivity contribution in [3.63, 3.8) is 0 Å². The Labute approximate surface area is 196 Å². The minimum absolute atomic E-state index is 0. The number of hydrogen-bond acceptors (Lipinski definition) is 10. The van der Waals surface area contributed by atoms with Gasteiger partial charge in [0.25, 0.3) is 0 Å². The third-order valence-electron chi connectivity index (χ3n) is 5.15. The fraction of sp³-hybridized carbons (Fsp3) is 0.286.